The van der Waals surface area contributed by atoms with Gasteiger partial charge < -0.3 is 5.41 Å². The highest BCUT2D eigenvalue weighted by Gasteiger charge is 1.95. The average Bonchev–Trinajstić information content (AvgIpc) is 2.34. The van der Waals surface area contributed by atoms with E-state index in [-0.39, 0.29) is 0 Å². The van der Waals surface area contributed by atoms with Gasteiger partial charge in [-0.25, -0.2) is 9.97 Å². The van der Waals surface area contributed by atoms with Gasteiger partial charge in [0.25, 0.3) is 0 Å². The average molecular weight is 213 g/mol. The lowest BCUT2D eigenvalue weighted by Crippen LogP contribution is -1.91. The van der Waals surface area contributed by atoms with Crippen LogP contribution in [0.3, 0.4) is 0 Å². The monoisotopic (exact) mass is 213 g/mol. The van der Waals surface area contributed by atoms with Crippen LogP contribution in [0.5, 0.6) is 0 Å². The van der Waals surface area contributed by atoms with Crippen molar-refractivity contribution in [2.24, 2.45) is 4.99 Å². The second-order valence-electron chi connectivity index (χ2n) is 3.05. The topological polar surface area (TPSA) is 85.8 Å². The molecule has 1 heterocycles. The van der Waals surface area contributed by atoms with Crippen molar-refractivity contribution < 1.29 is 0 Å². The molecule has 0 unspecified atom stereocenters. The molecule has 0 fully saturated rings. The van der Waals surface area contributed by atoms with Gasteiger partial charge in [-0.3, -0.25) is 4.99 Å². The van der Waals surface area contributed by atoms with Crippen molar-refractivity contribution in [1.29, 1.82) is 10.7 Å². The van der Waals surface area contributed by atoms with E-state index in [0.29, 0.717) is 17.9 Å². The van der Waals surface area contributed by atoms with Crippen molar-refractivity contribution in [3.63, 3.8) is 0 Å². The van der Waals surface area contributed by atoms with E-state index in [4.69, 9.17) is 10.7 Å². The van der Waals surface area contributed by atoms with E-state index in [9.17, 15) is 0 Å². The molecular weight excluding hydrogens is 202 g/mol. The van der Waals surface area contributed by atoms with Crippen molar-refractivity contribution >= 4 is 12.4 Å². The molecule has 80 valence electrons. The first-order valence-corrected chi connectivity index (χ1v) is 4.64. The molecule has 0 aliphatic carbocycles. The Morgan fingerprint density at radius 1 is 1.62 bits per heavy atom. The van der Waals surface area contributed by atoms with E-state index in [2.05, 4.69) is 15.0 Å². The fourth-order valence-electron chi connectivity index (χ4n) is 0.910. The molecule has 0 atom stereocenters. The first kappa shape index (κ1) is 11.7. The summed E-state index contributed by atoms with van der Waals surface area (Å²) >= 11 is 0. The van der Waals surface area contributed by atoms with Crippen LogP contribution in [0.1, 0.15) is 18.3 Å². The fourth-order valence-corrected chi connectivity index (χ4v) is 0.910. The van der Waals surface area contributed by atoms with Crippen molar-refractivity contribution in [1.82, 2.24) is 9.97 Å². The second-order valence-corrected chi connectivity index (χ2v) is 3.05. The summed E-state index contributed by atoms with van der Waals surface area (Å²) in [6.07, 6.45) is 5.96. The highest BCUT2D eigenvalue weighted by atomic mass is 14.9. The van der Waals surface area contributed by atoms with Crippen LogP contribution in [0.15, 0.2) is 29.0 Å². The van der Waals surface area contributed by atoms with Gasteiger partial charge in [0.15, 0.2) is 0 Å². The molecule has 0 saturated heterocycles. The SMILES string of the molecule is C/C(C=N)=C/C=NCc1cc(C#N)ncn1. The number of nitriles is 1. The summed E-state index contributed by atoms with van der Waals surface area (Å²) in [5.74, 6) is 0. The molecule has 0 aromatic carbocycles. The maximum Gasteiger partial charge on any atom is 0.144 e. The van der Waals surface area contributed by atoms with Gasteiger partial charge >= 0.3 is 0 Å². The zero-order valence-corrected chi connectivity index (χ0v) is 8.88. The van der Waals surface area contributed by atoms with Crippen molar-refractivity contribution in [2.75, 3.05) is 0 Å². The Morgan fingerprint density at radius 3 is 3.12 bits per heavy atom. The zero-order chi connectivity index (χ0) is 11.8. The minimum Gasteiger partial charge on any atom is -0.308 e. The molecule has 0 radical (unpaired) electrons. The van der Waals surface area contributed by atoms with E-state index in [1.165, 1.54) is 12.5 Å². The summed E-state index contributed by atoms with van der Waals surface area (Å²) < 4.78 is 0. The van der Waals surface area contributed by atoms with Crippen LogP contribution in [0, 0.1) is 16.7 Å². The number of nitrogens with zero attached hydrogens (tertiary/aromatic N) is 4. The van der Waals surface area contributed by atoms with Gasteiger partial charge in [0, 0.05) is 12.4 Å². The van der Waals surface area contributed by atoms with Crippen LogP contribution in [0.4, 0.5) is 0 Å². The van der Waals surface area contributed by atoms with Crippen LogP contribution in [0.2, 0.25) is 0 Å². The minimum atomic E-state index is 0.339. The third kappa shape index (κ3) is 3.80. The Labute approximate surface area is 93.7 Å². The Kier molecular flexibility index (Phi) is 4.54. The third-order valence-electron chi connectivity index (χ3n) is 1.76. The molecule has 0 amide bonds. The summed E-state index contributed by atoms with van der Waals surface area (Å²) in [4.78, 5) is 11.8. The number of nitrogens with one attached hydrogen (secondary N) is 1. The van der Waals surface area contributed by atoms with Gasteiger partial charge in [0.1, 0.15) is 18.1 Å². The van der Waals surface area contributed by atoms with Gasteiger partial charge in [-0.15, -0.1) is 0 Å². The smallest absolute Gasteiger partial charge is 0.144 e. The van der Waals surface area contributed by atoms with Gasteiger partial charge in [0.05, 0.1) is 12.2 Å². The number of aromatic nitrogens is 2. The minimum absolute atomic E-state index is 0.339. The molecule has 0 saturated carbocycles. The van der Waals surface area contributed by atoms with Gasteiger partial charge in [-0.05, 0) is 24.6 Å². The molecule has 16 heavy (non-hydrogen) atoms. The predicted molar refractivity (Wildman–Crippen MR) is 61.5 cm³/mol. The summed E-state index contributed by atoms with van der Waals surface area (Å²) in [5, 5.41) is 15.6. The van der Waals surface area contributed by atoms with Crippen LogP contribution < -0.4 is 0 Å². The first-order chi connectivity index (χ1) is 7.76. The van der Waals surface area contributed by atoms with Crippen LogP contribution in [-0.4, -0.2) is 22.4 Å². The Balaban J connectivity index is 2.61. The Hall–Kier alpha value is -2.35. The van der Waals surface area contributed by atoms with E-state index in [1.807, 2.05) is 13.0 Å². The van der Waals surface area contributed by atoms with Crippen LogP contribution in [0.25, 0.3) is 0 Å². The summed E-state index contributed by atoms with van der Waals surface area (Å²) in [6, 6.07) is 3.54. The number of hydrogen-bond acceptors (Lipinski definition) is 5. The molecule has 0 spiro atoms. The lowest BCUT2D eigenvalue weighted by molar-refractivity contribution is 0.961. The van der Waals surface area contributed by atoms with E-state index >= 15 is 0 Å². The van der Waals surface area contributed by atoms with Crippen molar-refractivity contribution in [3.8, 4) is 6.07 Å². The van der Waals surface area contributed by atoms with Gasteiger partial charge in [0.2, 0.25) is 0 Å². The number of allylic oxidation sites excluding steroid dienone is 2. The largest absolute Gasteiger partial charge is 0.308 e. The highest BCUT2D eigenvalue weighted by Crippen LogP contribution is 1.98. The molecule has 0 bridgehead atoms. The highest BCUT2D eigenvalue weighted by molar-refractivity contribution is 5.84. The molecular formula is C11H11N5. The molecule has 0 aliphatic rings. The lowest BCUT2D eigenvalue weighted by atomic mass is 10.3. The van der Waals surface area contributed by atoms with E-state index in [0.717, 1.165) is 5.57 Å². The normalized spacial score (nSPS) is 11.4. The standard InChI is InChI=1S/C11H11N5/c1-9(5-12)2-3-14-7-11-4-10(6-13)15-8-16-11/h2-5,8,12H,7H2,1H3/b9-2-,12-5?,14-3?. The van der Waals surface area contributed by atoms with Gasteiger partial charge in [-0.1, -0.05) is 0 Å². The number of rotatable bonds is 4. The molecule has 1 rings (SSSR count). The quantitative estimate of drug-likeness (QED) is 0.769. The number of aliphatic imine (C=N–C) groups is 1. The lowest BCUT2D eigenvalue weighted by Gasteiger charge is -1.94. The van der Waals surface area contributed by atoms with E-state index in [1.54, 1.807) is 18.4 Å². The molecule has 5 heteroatoms. The van der Waals surface area contributed by atoms with Crippen molar-refractivity contribution in [3.05, 3.63) is 35.4 Å². The Bertz CT molecular complexity index is 468. The van der Waals surface area contributed by atoms with E-state index < -0.39 is 0 Å². The van der Waals surface area contributed by atoms with Crippen LogP contribution >= 0.6 is 0 Å². The zero-order valence-electron chi connectivity index (χ0n) is 8.88. The van der Waals surface area contributed by atoms with Crippen LogP contribution in [-0.2, 0) is 6.54 Å². The molecule has 5 nitrogen and oxygen atoms in total. The Morgan fingerprint density at radius 2 is 2.44 bits per heavy atom. The predicted octanol–water partition coefficient (Wildman–Crippen LogP) is 1.51. The summed E-state index contributed by atoms with van der Waals surface area (Å²) in [7, 11) is 0. The maximum atomic E-state index is 8.63. The first-order valence-electron chi connectivity index (χ1n) is 4.64. The molecule has 1 aromatic heterocycles. The third-order valence-corrected chi connectivity index (χ3v) is 1.76. The molecule has 1 N–H and O–H groups in total. The number of hydrogen-bond donors (Lipinski definition) is 1. The summed E-state index contributed by atoms with van der Waals surface area (Å²) in [6.45, 7) is 2.22. The molecule has 0 aliphatic heterocycles. The maximum absolute atomic E-state index is 8.63. The summed E-state index contributed by atoms with van der Waals surface area (Å²) in [5.41, 5.74) is 1.86. The fraction of sp³-hybridized carbons (Fsp3) is 0.182. The van der Waals surface area contributed by atoms with Crippen molar-refractivity contribution in [2.45, 2.75) is 13.5 Å². The molecule has 1 aromatic rings. The second kappa shape index (κ2) is 6.19. The van der Waals surface area contributed by atoms with Gasteiger partial charge in [-0.2, -0.15) is 5.26 Å².